The largest absolute Gasteiger partial charge is 0.355 e. The van der Waals surface area contributed by atoms with Gasteiger partial charge in [0.2, 0.25) is 12.3 Å². The molecule has 0 saturated carbocycles. The molecule has 1 unspecified atom stereocenters. The smallest absolute Gasteiger partial charge is 0.258 e. The third-order valence-corrected chi connectivity index (χ3v) is 6.24. The van der Waals surface area contributed by atoms with Crippen LogP contribution in [0.25, 0.3) is 10.9 Å². The molecule has 1 saturated heterocycles. The van der Waals surface area contributed by atoms with Crippen LogP contribution < -0.4 is 5.32 Å². The number of aromatic amines is 1. The molecule has 3 aromatic rings. The number of hydrogen-bond acceptors (Lipinski definition) is 4. The van der Waals surface area contributed by atoms with Crippen molar-refractivity contribution in [2.24, 2.45) is 0 Å². The SMILES string of the molecule is Cc1c(CN(C=O)CC(=O)N2CCCC2C(F)F)cccc1Nc1ccc2c(C)[nH]nc2c1. The van der Waals surface area contributed by atoms with Crippen molar-refractivity contribution in [3.63, 3.8) is 0 Å². The molecule has 2 amide bonds. The Morgan fingerprint density at radius 3 is 2.91 bits per heavy atom. The number of nitrogens with one attached hydrogen (secondary N) is 2. The fraction of sp³-hybridized carbons (Fsp3) is 0.375. The van der Waals surface area contributed by atoms with Crippen LogP contribution in [0.4, 0.5) is 20.2 Å². The van der Waals surface area contributed by atoms with E-state index in [9.17, 15) is 18.4 Å². The maximum Gasteiger partial charge on any atom is 0.258 e. The summed E-state index contributed by atoms with van der Waals surface area (Å²) in [6, 6.07) is 10.6. The number of hydrogen-bond donors (Lipinski definition) is 2. The zero-order chi connectivity index (χ0) is 23.5. The zero-order valence-electron chi connectivity index (χ0n) is 18.6. The highest BCUT2D eigenvalue weighted by molar-refractivity contribution is 5.85. The average Bonchev–Trinajstić information content (AvgIpc) is 3.43. The lowest BCUT2D eigenvalue weighted by molar-refractivity contribution is -0.139. The molecule has 9 heteroatoms. The second-order valence-corrected chi connectivity index (χ2v) is 8.44. The van der Waals surface area contributed by atoms with Gasteiger partial charge in [-0.3, -0.25) is 14.7 Å². The summed E-state index contributed by atoms with van der Waals surface area (Å²) in [5.74, 6) is -0.445. The molecule has 1 aliphatic rings. The van der Waals surface area contributed by atoms with E-state index in [2.05, 4.69) is 15.5 Å². The van der Waals surface area contributed by atoms with E-state index in [0.29, 0.717) is 25.8 Å². The predicted molar refractivity (Wildman–Crippen MR) is 123 cm³/mol. The molecule has 2 aromatic carbocycles. The normalized spacial score (nSPS) is 15.9. The Bertz CT molecular complexity index is 1160. The maximum absolute atomic E-state index is 13.2. The Morgan fingerprint density at radius 1 is 1.33 bits per heavy atom. The van der Waals surface area contributed by atoms with Crippen molar-refractivity contribution in [2.75, 3.05) is 18.4 Å². The number of halogens is 2. The highest BCUT2D eigenvalue weighted by atomic mass is 19.3. The second kappa shape index (κ2) is 9.56. The van der Waals surface area contributed by atoms with Crippen LogP contribution in [-0.2, 0) is 16.1 Å². The minimum absolute atomic E-state index is 0.210. The first-order valence-electron chi connectivity index (χ1n) is 10.9. The molecule has 0 radical (unpaired) electrons. The minimum atomic E-state index is -2.57. The number of rotatable bonds is 8. The highest BCUT2D eigenvalue weighted by Crippen LogP contribution is 2.27. The number of carbonyl (C=O) groups excluding carboxylic acids is 2. The van der Waals surface area contributed by atoms with Crippen LogP contribution in [0.1, 0.15) is 29.7 Å². The van der Waals surface area contributed by atoms with Crippen molar-refractivity contribution in [3.8, 4) is 0 Å². The van der Waals surface area contributed by atoms with E-state index in [1.54, 1.807) is 0 Å². The van der Waals surface area contributed by atoms with Gasteiger partial charge in [0.05, 0.1) is 18.1 Å². The molecule has 4 rings (SSSR count). The highest BCUT2D eigenvalue weighted by Gasteiger charge is 2.35. The third-order valence-electron chi connectivity index (χ3n) is 6.24. The fourth-order valence-corrected chi connectivity index (χ4v) is 4.35. The molecule has 1 aromatic heterocycles. The van der Waals surface area contributed by atoms with Crippen molar-refractivity contribution in [1.29, 1.82) is 0 Å². The summed E-state index contributed by atoms with van der Waals surface area (Å²) < 4.78 is 26.4. The Balaban J connectivity index is 1.46. The van der Waals surface area contributed by atoms with E-state index >= 15 is 0 Å². The lowest BCUT2D eigenvalue weighted by Crippen LogP contribution is -2.44. The van der Waals surface area contributed by atoms with E-state index in [-0.39, 0.29) is 13.1 Å². The first-order chi connectivity index (χ1) is 15.9. The van der Waals surface area contributed by atoms with E-state index in [4.69, 9.17) is 0 Å². The first-order valence-corrected chi connectivity index (χ1v) is 10.9. The van der Waals surface area contributed by atoms with E-state index < -0.39 is 18.4 Å². The third kappa shape index (κ3) is 4.81. The molecule has 1 atom stereocenters. The van der Waals surface area contributed by atoms with Gasteiger partial charge in [0.1, 0.15) is 0 Å². The van der Waals surface area contributed by atoms with Gasteiger partial charge >= 0.3 is 0 Å². The van der Waals surface area contributed by atoms with Crippen molar-refractivity contribution in [3.05, 3.63) is 53.2 Å². The van der Waals surface area contributed by atoms with Crippen molar-refractivity contribution < 1.29 is 18.4 Å². The van der Waals surface area contributed by atoms with Gasteiger partial charge in [-0.05, 0) is 62.1 Å². The van der Waals surface area contributed by atoms with Crippen molar-refractivity contribution in [1.82, 2.24) is 20.0 Å². The molecule has 2 heterocycles. The van der Waals surface area contributed by atoms with Crippen LogP contribution in [-0.4, -0.2) is 57.9 Å². The average molecular weight is 456 g/mol. The van der Waals surface area contributed by atoms with Gasteiger partial charge < -0.3 is 15.1 Å². The van der Waals surface area contributed by atoms with Crippen LogP contribution in [0.15, 0.2) is 36.4 Å². The predicted octanol–water partition coefficient (Wildman–Crippen LogP) is 4.14. The lowest BCUT2D eigenvalue weighted by Gasteiger charge is -2.27. The first kappa shape index (κ1) is 22.7. The molecule has 33 heavy (non-hydrogen) atoms. The number of aromatic nitrogens is 2. The maximum atomic E-state index is 13.2. The van der Waals surface area contributed by atoms with Crippen LogP contribution in [0.5, 0.6) is 0 Å². The number of carbonyl (C=O) groups is 2. The molecule has 0 bridgehead atoms. The standard InChI is InChI=1S/C24H27F2N5O2/c1-15-17(12-30(14-32)13-23(33)31-10-4-7-22(31)24(25)26)5-3-6-20(15)27-18-8-9-19-16(2)28-29-21(19)11-18/h3,5-6,8-9,11,14,22,24,27H,4,7,10,12-13H2,1-2H3,(H,28,29). The van der Waals surface area contributed by atoms with Gasteiger partial charge in [0.25, 0.3) is 6.43 Å². The van der Waals surface area contributed by atoms with Crippen molar-refractivity contribution in [2.45, 2.75) is 45.7 Å². The van der Waals surface area contributed by atoms with Crippen LogP contribution in [0.2, 0.25) is 0 Å². The molecule has 1 fully saturated rings. The van der Waals surface area contributed by atoms with E-state index in [1.165, 1.54) is 9.80 Å². The number of alkyl halides is 2. The summed E-state index contributed by atoms with van der Waals surface area (Å²) in [7, 11) is 0. The monoisotopic (exact) mass is 455 g/mol. The quantitative estimate of drug-likeness (QED) is 0.501. The fourth-order valence-electron chi connectivity index (χ4n) is 4.35. The zero-order valence-corrected chi connectivity index (χ0v) is 18.6. The number of likely N-dealkylation sites (tertiary alicyclic amines) is 1. The molecule has 1 aliphatic heterocycles. The van der Waals surface area contributed by atoms with Gasteiger partial charge in [-0.2, -0.15) is 5.10 Å². The number of nitrogens with zero attached hydrogens (tertiary/aromatic N) is 3. The number of benzene rings is 2. The van der Waals surface area contributed by atoms with E-state index in [0.717, 1.165) is 39.1 Å². The van der Waals surface area contributed by atoms with Crippen LogP contribution in [0, 0.1) is 13.8 Å². The summed E-state index contributed by atoms with van der Waals surface area (Å²) in [6.07, 6.45) is -1.13. The number of amides is 2. The van der Waals surface area contributed by atoms with Gasteiger partial charge in [0, 0.05) is 35.5 Å². The molecule has 0 aliphatic carbocycles. The van der Waals surface area contributed by atoms with Gasteiger partial charge in [0.15, 0.2) is 0 Å². The number of aryl methyl sites for hydroxylation is 1. The lowest BCUT2D eigenvalue weighted by atomic mass is 10.1. The van der Waals surface area contributed by atoms with E-state index in [1.807, 2.05) is 50.2 Å². The Kier molecular flexibility index (Phi) is 6.57. The molecular formula is C24H27F2N5O2. The minimum Gasteiger partial charge on any atom is -0.355 e. The Hall–Kier alpha value is -3.49. The Labute approximate surface area is 190 Å². The summed E-state index contributed by atoms with van der Waals surface area (Å²) in [5.41, 5.74) is 5.41. The number of H-pyrrole nitrogens is 1. The molecule has 7 nitrogen and oxygen atoms in total. The Morgan fingerprint density at radius 2 is 2.15 bits per heavy atom. The van der Waals surface area contributed by atoms with Crippen molar-refractivity contribution >= 4 is 34.6 Å². The molecule has 0 spiro atoms. The molecular weight excluding hydrogens is 428 g/mol. The number of fused-ring (bicyclic) bond motifs is 1. The van der Waals surface area contributed by atoms with Gasteiger partial charge in [-0.15, -0.1) is 0 Å². The summed E-state index contributed by atoms with van der Waals surface area (Å²) in [5, 5.41) is 11.7. The summed E-state index contributed by atoms with van der Waals surface area (Å²) >= 11 is 0. The van der Waals surface area contributed by atoms with Crippen LogP contribution >= 0.6 is 0 Å². The second-order valence-electron chi connectivity index (χ2n) is 8.44. The topological polar surface area (TPSA) is 81.3 Å². The molecule has 2 N–H and O–H groups in total. The van der Waals surface area contributed by atoms with Gasteiger partial charge in [-0.1, -0.05) is 12.1 Å². The van der Waals surface area contributed by atoms with Crippen LogP contribution in [0.3, 0.4) is 0 Å². The summed E-state index contributed by atoms with van der Waals surface area (Å²) in [6.45, 7) is 4.20. The number of anilines is 2. The summed E-state index contributed by atoms with van der Waals surface area (Å²) in [4.78, 5) is 26.8. The molecule has 174 valence electrons. The van der Waals surface area contributed by atoms with Gasteiger partial charge in [-0.25, -0.2) is 8.78 Å².